The second kappa shape index (κ2) is 6.21. The Balaban J connectivity index is 2.46. The van der Waals surface area contributed by atoms with Gasteiger partial charge in [-0.15, -0.1) is 0 Å². The number of halogens is 1. The van der Waals surface area contributed by atoms with Gasteiger partial charge in [0.25, 0.3) is 0 Å². The lowest BCUT2D eigenvalue weighted by molar-refractivity contribution is 0.0666. The minimum Gasteiger partial charge on any atom is -0.290 e. The van der Waals surface area contributed by atoms with Crippen LogP contribution >= 0.6 is 0 Å². The fourth-order valence-corrected chi connectivity index (χ4v) is 2.46. The standard InChI is InChI=1S/C19H21FO/c1-4-19(20,18(21)15-9-6-5-7-10-15)17-12-8-11-16(13-17)14(2)3/h5-14H,4H2,1-3H3/t19-/m0/s1. The van der Waals surface area contributed by atoms with Crippen molar-refractivity contribution in [2.24, 2.45) is 0 Å². The molecule has 0 unspecified atom stereocenters. The Kier molecular flexibility index (Phi) is 4.56. The summed E-state index contributed by atoms with van der Waals surface area (Å²) < 4.78 is 15.4. The Hall–Kier alpha value is -1.96. The number of hydrogen-bond donors (Lipinski definition) is 0. The molecule has 0 aromatic heterocycles. The Morgan fingerprint density at radius 3 is 2.33 bits per heavy atom. The van der Waals surface area contributed by atoms with Crippen LogP contribution < -0.4 is 0 Å². The third-order valence-electron chi connectivity index (χ3n) is 3.89. The lowest BCUT2D eigenvalue weighted by Gasteiger charge is -2.24. The highest BCUT2D eigenvalue weighted by Crippen LogP contribution is 2.35. The molecule has 0 radical (unpaired) electrons. The molecule has 110 valence electrons. The maximum Gasteiger partial charge on any atom is 0.204 e. The van der Waals surface area contributed by atoms with Crippen molar-refractivity contribution in [1.29, 1.82) is 0 Å². The Labute approximate surface area is 125 Å². The van der Waals surface area contributed by atoms with Crippen LogP contribution in [0, 0.1) is 0 Å². The van der Waals surface area contributed by atoms with E-state index in [1.54, 1.807) is 37.3 Å². The van der Waals surface area contributed by atoms with Gasteiger partial charge < -0.3 is 0 Å². The predicted octanol–water partition coefficient (Wildman–Crippen LogP) is 5.27. The molecule has 0 N–H and O–H groups in total. The van der Waals surface area contributed by atoms with Crippen LogP contribution in [-0.4, -0.2) is 5.78 Å². The first-order chi connectivity index (χ1) is 9.99. The zero-order chi connectivity index (χ0) is 15.5. The SMILES string of the molecule is CC[C@@](F)(C(=O)c1ccccc1)c1cccc(C(C)C)c1. The molecule has 0 bridgehead atoms. The van der Waals surface area contributed by atoms with Crippen LogP contribution in [0.25, 0.3) is 0 Å². The molecule has 0 fully saturated rings. The number of hydrogen-bond acceptors (Lipinski definition) is 1. The normalized spacial score (nSPS) is 14.0. The van der Waals surface area contributed by atoms with Gasteiger partial charge in [-0.1, -0.05) is 75.4 Å². The molecule has 0 aliphatic carbocycles. The van der Waals surface area contributed by atoms with Gasteiger partial charge in [-0.3, -0.25) is 4.79 Å². The van der Waals surface area contributed by atoms with Gasteiger partial charge in [0, 0.05) is 5.56 Å². The number of benzene rings is 2. The summed E-state index contributed by atoms with van der Waals surface area (Å²) in [5.74, 6) is -0.163. The van der Waals surface area contributed by atoms with Crippen molar-refractivity contribution in [3.63, 3.8) is 0 Å². The molecular weight excluding hydrogens is 263 g/mol. The summed E-state index contributed by atoms with van der Waals surface area (Å²) in [7, 11) is 0. The summed E-state index contributed by atoms with van der Waals surface area (Å²) in [4.78, 5) is 12.6. The molecule has 0 aliphatic rings. The smallest absolute Gasteiger partial charge is 0.204 e. The van der Waals surface area contributed by atoms with Crippen molar-refractivity contribution < 1.29 is 9.18 Å². The maximum atomic E-state index is 15.4. The van der Waals surface area contributed by atoms with Crippen molar-refractivity contribution >= 4 is 5.78 Å². The Bertz CT molecular complexity index is 618. The van der Waals surface area contributed by atoms with Gasteiger partial charge in [0.1, 0.15) is 0 Å². The van der Waals surface area contributed by atoms with E-state index in [1.807, 2.05) is 24.3 Å². The van der Waals surface area contributed by atoms with Crippen molar-refractivity contribution in [2.45, 2.75) is 38.8 Å². The minimum atomic E-state index is -1.97. The first-order valence-corrected chi connectivity index (χ1v) is 7.38. The third kappa shape index (κ3) is 3.05. The molecule has 2 rings (SSSR count). The number of ketones is 1. The van der Waals surface area contributed by atoms with Crippen LogP contribution in [0.2, 0.25) is 0 Å². The van der Waals surface area contributed by atoms with Gasteiger partial charge in [0.15, 0.2) is 5.67 Å². The van der Waals surface area contributed by atoms with E-state index in [1.165, 1.54) is 0 Å². The molecular formula is C19H21FO. The summed E-state index contributed by atoms with van der Waals surface area (Å²) >= 11 is 0. The van der Waals surface area contributed by atoms with Gasteiger partial charge in [-0.05, 0) is 23.5 Å². The molecule has 0 heterocycles. The fourth-order valence-electron chi connectivity index (χ4n) is 2.46. The monoisotopic (exact) mass is 284 g/mol. The summed E-state index contributed by atoms with van der Waals surface area (Å²) in [5, 5.41) is 0. The average molecular weight is 284 g/mol. The zero-order valence-corrected chi connectivity index (χ0v) is 12.8. The minimum absolute atomic E-state index is 0.127. The van der Waals surface area contributed by atoms with Crippen molar-refractivity contribution in [1.82, 2.24) is 0 Å². The predicted molar refractivity (Wildman–Crippen MR) is 84.4 cm³/mol. The van der Waals surface area contributed by atoms with Crippen LogP contribution in [0.4, 0.5) is 4.39 Å². The molecule has 2 heteroatoms. The van der Waals surface area contributed by atoms with E-state index in [0.29, 0.717) is 17.0 Å². The lowest BCUT2D eigenvalue weighted by atomic mass is 9.84. The van der Waals surface area contributed by atoms with E-state index in [-0.39, 0.29) is 6.42 Å². The van der Waals surface area contributed by atoms with Crippen molar-refractivity contribution in [3.8, 4) is 0 Å². The maximum absolute atomic E-state index is 15.4. The quantitative estimate of drug-likeness (QED) is 0.684. The van der Waals surface area contributed by atoms with Crippen LogP contribution in [0.1, 0.15) is 54.6 Å². The highest BCUT2D eigenvalue weighted by atomic mass is 19.1. The second-order valence-electron chi connectivity index (χ2n) is 5.63. The molecule has 21 heavy (non-hydrogen) atoms. The summed E-state index contributed by atoms with van der Waals surface area (Å²) in [6.07, 6.45) is 0.127. The summed E-state index contributed by atoms with van der Waals surface area (Å²) in [6, 6.07) is 16.0. The van der Waals surface area contributed by atoms with Gasteiger partial charge in [0.05, 0.1) is 0 Å². The van der Waals surface area contributed by atoms with Crippen LogP contribution in [0.3, 0.4) is 0 Å². The van der Waals surface area contributed by atoms with E-state index < -0.39 is 11.5 Å². The first-order valence-electron chi connectivity index (χ1n) is 7.38. The van der Waals surface area contributed by atoms with Crippen LogP contribution in [0.15, 0.2) is 54.6 Å². The molecule has 0 spiro atoms. The van der Waals surface area contributed by atoms with Crippen LogP contribution in [-0.2, 0) is 5.67 Å². The average Bonchev–Trinajstić information content (AvgIpc) is 2.54. The molecule has 0 saturated heterocycles. The molecule has 1 nitrogen and oxygen atoms in total. The zero-order valence-electron chi connectivity index (χ0n) is 12.8. The van der Waals surface area contributed by atoms with E-state index in [9.17, 15) is 4.79 Å². The Morgan fingerprint density at radius 1 is 1.10 bits per heavy atom. The van der Waals surface area contributed by atoms with Gasteiger partial charge >= 0.3 is 0 Å². The molecule has 1 atom stereocenters. The number of Topliss-reactive ketones (excluding diaryl/α,β-unsaturated/α-hetero) is 1. The summed E-state index contributed by atoms with van der Waals surface area (Å²) in [5.41, 5.74) is -0.0580. The van der Waals surface area contributed by atoms with E-state index in [4.69, 9.17) is 0 Å². The highest BCUT2D eigenvalue weighted by molar-refractivity contribution is 6.02. The van der Waals surface area contributed by atoms with Crippen LogP contribution in [0.5, 0.6) is 0 Å². The van der Waals surface area contributed by atoms with Crippen molar-refractivity contribution in [3.05, 3.63) is 71.3 Å². The van der Waals surface area contributed by atoms with Gasteiger partial charge in [-0.2, -0.15) is 0 Å². The largest absolute Gasteiger partial charge is 0.290 e. The topological polar surface area (TPSA) is 17.1 Å². The third-order valence-corrected chi connectivity index (χ3v) is 3.89. The Morgan fingerprint density at radius 2 is 1.76 bits per heavy atom. The van der Waals surface area contributed by atoms with E-state index in [2.05, 4.69) is 13.8 Å². The highest BCUT2D eigenvalue weighted by Gasteiger charge is 2.39. The first kappa shape index (κ1) is 15.4. The molecule has 2 aromatic rings. The second-order valence-corrected chi connectivity index (χ2v) is 5.63. The number of rotatable bonds is 5. The lowest BCUT2D eigenvalue weighted by Crippen LogP contribution is -2.30. The number of carbonyl (C=O) groups excluding carboxylic acids is 1. The van der Waals surface area contributed by atoms with Gasteiger partial charge in [0.2, 0.25) is 5.78 Å². The van der Waals surface area contributed by atoms with Crippen molar-refractivity contribution in [2.75, 3.05) is 0 Å². The molecule has 0 aliphatic heterocycles. The molecule has 2 aromatic carbocycles. The molecule has 0 saturated carbocycles. The summed E-state index contributed by atoms with van der Waals surface area (Å²) in [6.45, 7) is 5.83. The van der Waals surface area contributed by atoms with E-state index >= 15 is 4.39 Å². The number of carbonyl (C=O) groups is 1. The van der Waals surface area contributed by atoms with Gasteiger partial charge in [-0.25, -0.2) is 4.39 Å². The fraction of sp³-hybridized carbons (Fsp3) is 0.316. The molecule has 0 amide bonds. The van der Waals surface area contributed by atoms with E-state index in [0.717, 1.165) is 5.56 Å². The number of alkyl halides is 1.